The van der Waals surface area contributed by atoms with Gasteiger partial charge in [0, 0.05) is 24.8 Å². The molecule has 174 valence electrons. The number of hydrogen-bond donors (Lipinski definition) is 0. The molecule has 0 saturated heterocycles. The van der Waals surface area contributed by atoms with Crippen LogP contribution in [0.3, 0.4) is 0 Å². The van der Waals surface area contributed by atoms with E-state index in [1.165, 1.54) is 0 Å². The molecule has 0 bridgehead atoms. The van der Waals surface area contributed by atoms with Crippen LogP contribution in [0.5, 0.6) is 11.5 Å². The molecule has 0 unspecified atom stereocenters. The molecule has 0 saturated carbocycles. The van der Waals surface area contributed by atoms with Crippen LogP contribution in [0.4, 0.5) is 5.82 Å². The highest BCUT2D eigenvalue weighted by Crippen LogP contribution is 2.36. The number of benzene rings is 1. The average Bonchev–Trinajstić information content (AvgIpc) is 3.25. The van der Waals surface area contributed by atoms with E-state index in [9.17, 15) is 0 Å². The first-order valence-corrected chi connectivity index (χ1v) is 10.9. The van der Waals surface area contributed by atoms with E-state index in [2.05, 4.69) is 58.0 Å². The van der Waals surface area contributed by atoms with Crippen LogP contribution in [0.1, 0.15) is 12.8 Å². The molecule has 0 atom stereocenters. The van der Waals surface area contributed by atoms with Gasteiger partial charge in [0.25, 0.3) is 5.78 Å². The third-order valence-corrected chi connectivity index (χ3v) is 5.34. The summed E-state index contributed by atoms with van der Waals surface area (Å²) in [5, 5.41) is 4.51. The lowest BCUT2D eigenvalue weighted by atomic mass is 10.1. The van der Waals surface area contributed by atoms with E-state index < -0.39 is 0 Å². The Kier molecular flexibility index (Phi) is 8.24. The Morgan fingerprint density at radius 1 is 0.844 bits per heavy atom. The van der Waals surface area contributed by atoms with Crippen LogP contribution in [0, 0.1) is 0 Å². The Balaban J connectivity index is 2.06. The van der Waals surface area contributed by atoms with Gasteiger partial charge < -0.3 is 24.2 Å². The molecule has 32 heavy (non-hydrogen) atoms. The minimum absolute atomic E-state index is 0.592. The van der Waals surface area contributed by atoms with Gasteiger partial charge in [-0.05, 0) is 71.8 Å². The van der Waals surface area contributed by atoms with Gasteiger partial charge in [-0.3, -0.25) is 0 Å². The van der Waals surface area contributed by atoms with E-state index in [0.717, 1.165) is 56.0 Å². The molecule has 3 rings (SSSR count). The number of nitrogens with zero attached hydrogens (tertiary/aromatic N) is 7. The molecule has 0 aliphatic carbocycles. The molecule has 2 aromatic heterocycles. The maximum Gasteiger partial charge on any atom is 0.254 e. The lowest BCUT2D eigenvalue weighted by Crippen LogP contribution is -2.32. The van der Waals surface area contributed by atoms with Crippen molar-refractivity contribution >= 4 is 11.6 Å². The zero-order chi connectivity index (χ0) is 23.1. The molecular formula is C23H35N7O2. The van der Waals surface area contributed by atoms with Gasteiger partial charge in [-0.15, -0.1) is 0 Å². The van der Waals surface area contributed by atoms with Crippen LogP contribution in [-0.4, -0.2) is 98.0 Å². The molecule has 0 aliphatic heterocycles. The SMILES string of the molecule is COc1ccc(-c2cnc3ncnn3c2N(CCCN(C)C)CCCN(C)C)cc1OC. The van der Waals surface area contributed by atoms with Gasteiger partial charge in [-0.25, -0.2) is 4.98 Å². The summed E-state index contributed by atoms with van der Waals surface area (Å²) in [5.41, 5.74) is 1.98. The van der Waals surface area contributed by atoms with Gasteiger partial charge in [0.05, 0.1) is 14.2 Å². The van der Waals surface area contributed by atoms with Gasteiger partial charge in [-0.1, -0.05) is 6.07 Å². The second kappa shape index (κ2) is 11.1. The van der Waals surface area contributed by atoms with Crippen LogP contribution in [0.2, 0.25) is 0 Å². The standard InChI is InChI=1S/C23H35N7O2/c1-27(2)11-7-13-29(14-8-12-28(3)4)22-19(16-24-23-25-17-26-30(22)23)18-9-10-20(31-5)21(15-18)32-6/h9-10,15-17H,7-8,11-14H2,1-6H3. The second-order valence-corrected chi connectivity index (χ2v) is 8.34. The van der Waals surface area contributed by atoms with Gasteiger partial charge in [-0.2, -0.15) is 14.6 Å². The van der Waals surface area contributed by atoms with Crippen LogP contribution < -0.4 is 14.4 Å². The summed E-state index contributed by atoms with van der Waals surface area (Å²) in [6.07, 6.45) is 5.52. The van der Waals surface area contributed by atoms with Crippen molar-refractivity contribution in [1.82, 2.24) is 29.4 Å². The van der Waals surface area contributed by atoms with Crippen molar-refractivity contribution in [2.24, 2.45) is 0 Å². The zero-order valence-corrected chi connectivity index (χ0v) is 20.1. The van der Waals surface area contributed by atoms with Crippen molar-refractivity contribution < 1.29 is 9.47 Å². The van der Waals surface area contributed by atoms with Crippen LogP contribution in [0.25, 0.3) is 16.9 Å². The molecule has 1 aromatic carbocycles. The lowest BCUT2D eigenvalue weighted by molar-refractivity contribution is 0.355. The fourth-order valence-electron chi connectivity index (χ4n) is 3.76. The summed E-state index contributed by atoms with van der Waals surface area (Å²) in [5.74, 6) is 2.97. The largest absolute Gasteiger partial charge is 0.493 e. The maximum atomic E-state index is 5.55. The van der Waals surface area contributed by atoms with E-state index in [1.807, 2.05) is 28.9 Å². The summed E-state index contributed by atoms with van der Waals surface area (Å²) in [6, 6.07) is 5.94. The molecule has 0 N–H and O–H groups in total. The van der Waals surface area contributed by atoms with Gasteiger partial charge in [0.1, 0.15) is 12.1 Å². The fourth-order valence-corrected chi connectivity index (χ4v) is 3.76. The first-order valence-electron chi connectivity index (χ1n) is 10.9. The molecule has 2 heterocycles. The second-order valence-electron chi connectivity index (χ2n) is 8.34. The average molecular weight is 442 g/mol. The van der Waals surface area contributed by atoms with Gasteiger partial charge >= 0.3 is 0 Å². The Bertz CT molecular complexity index is 989. The van der Waals surface area contributed by atoms with Crippen LogP contribution in [0.15, 0.2) is 30.7 Å². The van der Waals surface area contributed by atoms with Gasteiger partial charge in [0.15, 0.2) is 11.5 Å². The smallest absolute Gasteiger partial charge is 0.254 e. The Hall–Kier alpha value is -2.91. The summed E-state index contributed by atoms with van der Waals surface area (Å²) < 4.78 is 12.8. The summed E-state index contributed by atoms with van der Waals surface area (Å²) >= 11 is 0. The third kappa shape index (κ3) is 5.66. The number of anilines is 1. The molecular weight excluding hydrogens is 406 g/mol. The quantitative estimate of drug-likeness (QED) is 0.425. The fraction of sp³-hybridized carbons (Fsp3) is 0.522. The topological polar surface area (TPSA) is 71.3 Å². The van der Waals surface area contributed by atoms with Crippen LogP contribution in [-0.2, 0) is 0 Å². The van der Waals surface area contributed by atoms with Crippen molar-refractivity contribution in [2.75, 3.05) is 73.5 Å². The highest BCUT2D eigenvalue weighted by Gasteiger charge is 2.20. The predicted molar refractivity (Wildman–Crippen MR) is 128 cm³/mol. The first-order chi connectivity index (χ1) is 15.4. The summed E-state index contributed by atoms with van der Waals surface area (Å²) in [4.78, 5) is 15.7. The van der Waals surface area contributed by atoms with E-state index in [0.29, 0.717) is 17.3 Å². The van der Waals surface area contributed by atoms with E-state index in [1.54, 1.807) is 20.5 Å². The van der Waals surface area contributed by atoms with E-state index in [-0.39, 0.29) is 0 Å². The minimum Gasteiger partial charge on any atom is -0.493 e. The highest BCUT2D eigenvalue weighted by atomic mass is 16.5. The predicted octanol–water partition coefficient (Wildman–Crippen LogP) is 2.52. The molecule has 0 amide bonds. The zero-order valence-electron chi connectivity index (χ0n) is 20.1. The minimum atomic E-state index is 0.592. The molecule has 0 aliphatic rings. The number of fused-ring (bicyclic) bond motifs is 1. The molecule has 0 radical (unpaired) electrons. The molecule has 3 aromatic rings. The highest BCUT2D eigenvalue weighted by molar-refractivity contribution is 5.78. The molecule has 9 heteroatoms. The summed E-state index contributed by atoms with van der Waals surface area (Å²) in [6.45, 7) is 3.85. The van der Waals surface area contributed by atoms with E-state index in [4.69, 9.17) is 9.47 Å². The monoisotopic (exact) mass is 441 g/mol. The van der Waals surface area contributed by atoms with Crippen LogP contribution >= 0.6 is 0 Å². The number of methoxy groups -OCH3 is 2. The van der Waals surface area contributed by atoms with Crippen molar-refractivity contribution in [2.45, 2.75) is 12.8 Å². The Labute approximate surface area is 190 Å². The lowest BCUT2D eigenvalue weighted by Gasteiger charge is -2.28. The van der Waals surface area contributed by atoms with Gasteiger partial charge in [0.2, 0.25) is 0 Å². The molecule has 0 fully saturated rings. The maximum absolute atomic E-state index is 5.55. The normalized spacial score (nSPS) is 11.5. The Morgan fingerprint density at radius 3 is 2.09 bits per heavy atom. The summed E-state index contributed by atoms with van der Waals surface area (Å²) in [7, 11) is 11.7. The van der Waals surface area contributed by atoms with Crippen molar-refractivity contribution in [3.05, 3.63) is 30.7 Å². The third-order valence-electron chi connectivity index (χ3n) is 5.34. The number of hydrogen-bond acceptors (Lipinski definition) is 8. The number of aromatic nitrogens is 4. The number of rotatable bonds is 12. The number of ether oxygens (including phenoxy) is 2. The van der Waals surface area contributed by atoms with Crippen molar-refractivity contribution in [3.8, 4) is 22.6 Å². The first kappa shape index (κ1) is 23.7. The molecule has 0 spiro atoms. The Morgan fingerprint density at radius 2 is 1.50 bits per heavy atom. The van der Waals surface area contributed by atoms with Crippen molar-refractivity contribution in [3.63, 3.8) is 0 Å². The molecule has 9 nitrogen and oxygen atoms in total. The van der Waals surface area contributed by atoms with Crippen molar-refractivity contribution in [1.29, 1.82) is 0 Å². The van der Waals surface area contributed by atoms with E-state index >= 15 is 0 Å².